The second kappa shape index (κ2) is 4.46. The normalized spacial score (nSPS) is 17.7. The summed E-state index contributed by atoms with van der Waals surface area (Å²) in [7, 11) is 0. The van der Waals surface area contributed by atoms with Crippen molar-refractivity contribution in [3.63, 3.8) is 0 Å². The Hall–Kier alpha value is -1.23. The van der Waals surface area contributed by atoms with Crippen LogP contribution in [0.15, 0.2) is 18.2 Å². The number of nitrogens with one attached hydrogen (secondary N) is 1. The summed E-state index contributed by atoms with van der Waals surface area (Å²) in [6.07, 6.45) is 6.14. The molecule has 2 aromatic rings. The Kier molecular flexibility index (Phi) is 2.93. The molecule has 2 heterocycles. The van der Waals surface area contributed by atoms with Crippen molar-refractivity contribution in [2.75, 3.05) is 18.1 Å². The molecule has 1 N–H and O–H groups in total. The van der Waals surface area contributed by atoms with Gasteiger partial charge in [-0.15, -0.1) is 5.10 Å². The number of hydrogen-bond donors (Lipinski definition) is 1. The second-order valence-corrected chi connectivity index (χ2v) is 6.24. The van der Waals surface area contributed by atoms with E-state index < -0.39 is 0 Å². The van der Waals surface area contributed by atoms with Gasteiger partial charge in [0.2, 0.25) is 5.95 Å². The molecule has 4 nitrogen and oxygen atoms in total. The molecule has 2 aromatic heterocycles. The first-order chi connectivity index (χ1) is 8.72. The maximum absolute atomic E-state index is 4.50. The first-order valence-electron chi connectivity index (χ1n) is 6.34. The van der Waals surface area contributed by atoms with E-state index in [9.17, 15) is 0 Å². The molecule has 5 heteroatoms. The lowest BCUT2D eigenvalue weighted by atomic mass is 9.84. The Morgan fingerprint density at radius 3 is 2.89 bits per heavy atom. The summed E-state index contributed by atoms with van der Waals surface area (Å²) in [5.74, 6) is 0.740. The van der Waals surface area contributed by atoms with Gasteiger partial charge in [-0.05, 0) is 38.2 Å². The van der Waals surface area contributed by atoms with Gasteiger partial charge in [0.15, 0.2) is 5.65 Å². The molecule has 0 spiro atoms. The fourth-order valence-corrected chi connectivity index (χ4v) is 3.29. The molecule has 0 radical (unpaired) electrons. The smallest absolute Gasteiger partial charge is 0.243 e. The molecule has 1 saturated carbocycles. The van der Waals surface area contributed by atoms with E-state index >= 15 is 0 Å². The van der Waals surface area contributed by atoms with Gasteiger partial charge in [0.25, 0.3) is 0 Å². The molecule has 0 aliphatic heterocycles. The number of fused-ring (bicyclic) bond motifs is 1. The second-order valence-electron chi connectivity index (χ2n) is 4.97. The number of rotatable bonds is 4. The fourth-order valence-electron chi connectivity index (χ4n) is 2.37. The van der Waals surface area contributed by atoms with Gasteiger partial charge >= 0.3 is 0 Å². The highest BCUT2D eigenvalue weighted by molar-refractivity contribution is 8.00. The van der Waals surface area contributed by atoms with Gasteiger partial charge in [0, 0.05) is 17.0 Å². The summed E-state index contributed by atoms with van der Waals surface area (Å²) in [6.45, 7) is 3.00. The summed E-state index contributed by atoms with van der Waals surface area (Å²) in [6, 6.07) is 6.04. The quantitative estimate of drug-likeness (QED) is 0.920. The number of pyridine rings is 1. The molecule has 18 heavy (non-hydrogen) atoms. The molecule has 0 saturated heterocycles. The van der Waals surface area contributed by atoms with E-state index in [1.54, 1.807) is 0 Å². The van der Waals surface area contributed by atoms with Crippen LogP contribution in [0.5, 0.6) is 0 Å². The van der Waals surface area contributed by atoms with Crippen molar-refractivity contribution in [2.45, 2.75) is 30.9 Å². The SMILES string of the molecule is CSC1(CNc2nc3cccc(C)n3n2)CCC1. The van der Waals surface area contributed by atoms with Crippen molar-refractivity contribution >= 4 is 23.4 Å². The fraction of sp³-hybridized carbons (Fsp3) is 0.538. The number of aryl methyl sites for hydroxylation is 1. The predicted molar refractivity (Wildman–Crippen MR) is 76.3 cm³/mol. The molecule has 0 aromatic carbocycles. The van der Waals surface area contributed by atoms with Gasteiger partial charge in [-0.25, -0.2) is 4.52 Å². The van der Waals surface area contributed by atoms with E-state index in [-0.39, 0.29) is 0 Å². The monoisotopic (exact) mass is 262 g/mol. The van der Waals surface area contributed by atoms with E-state index in [0.29, 0.717) is 4.75 Å². The lowest BCUT2D eigenvalue weighted by Gasteiger charge is -2.40. The van der Waals surface area contributed by atoms with Crippen molar-refractivity contribution < 1.29 is 0 Å². The number of nitrogens with zero attached hydrogens (tertiary/aromatic N) is 3. The van der Waals surface area contributed by atoms with Crippen LogP contribution in [-0.2, 0) is 0 Å². The minimum absolute atomic E-state index is 0.409. The summed E-state index contributed by atoms with van der Waals surface area (Å²) in [5, 5.41) is 7.88. The molecule has 1 fully saturated rings. The minimum atomic E-state index is 0.409. The van der Waals surface area contributed by atoms with Gasteiger partial charge in [-0.2, -0.15) is 16.7 Å². The maximum atomic E-state index is 4.50. The molecule has 1 aliphatic rings. The Morgan fingerprint density at radius 2 is 2.28 bits per heavy atom. The average Bonchev–Trinajstić information content (AvgIpc) is 2.73. The van der Waals surface area contributed by atoms with Crippen LogP contribution in [0.2, 0.25) is 0 Å². The predicted octanol–water partition coefficient (Wildman–Crippen LogP) is 2.74. The van der Waals surface area contributed by atoms with E-state index in [0.717, 1.165) is 23.8 Å². The third-order valence-electron chi connectivity index (χ3n) is 3.82. The number of hydrogen-bond acceptors (Lipinski definition) is 4. The molecule has 0 unspecified atom stereocenters. The van der Waals surface area contributed by atoms with Crippen molar-refractivity contribution in [3.8, 4) is 0 Å². The first-order valence-corrected chi connectivity index (χ1v) is 7.56. The summed E-state index contributed by atoms with van der Waals surface area (Å²) >= 11 is 1.96. The van der Waals surface area contributed by atoms with Crippen molar-refractivity contribution in [2.24, 2.45) is 0 Å². The summed E-state index contributed by atoms with van der Waals surface area (Å²) in [4.78, 5) is 4.50. The maximum Gasteiger partial charge on any atom is 0.243 e. The van der Waals surface area contributed by atoms with Crippen LogP contribution in [-0.4, -0.2) is 32.1 Å². The zero-order valence-electron chi connectivity index (χ0n) is 10.8. The van der Waals surface area contributed by atoms with Crippen LogP contribution in [0.1, 0.15) is 25.0 Å². The zero-order chi connectivity index (χ0) is 12.6. The highest BCUT2D eigenvalue weighted by atomic mass is 32.2. The lowest BCUT2D eigenvalue weighted by molar-refractivity contribution is 0.379. The molecular weight excluding hydrogens is 244 g/mol. The van der Waals surface area contributed by atoms with Crippen LogP contribution in [0.4, 0.5) is 5.95 Å². The van der Waals surface area contributed by atoms with E-state index in [1.807, 2.05) is 41.4 Å². The van der Waals surface area contributed by atoms with Gasteiger partial charge in [0.1, 0.15) is 0 Å². The van der Waals surface area contributed by atoms with Crippen LogP contribution >= 0.6 is 11.8 Å². The molecule has 3 rings (SSSR count). The average molecular weight is 262 g/mol. The third-order valence-corrected chi connectivity index (χ3v) is 5.23. The number of thioether (sulfide) groups is 1. The van der Waals surface area contributed by atoms with Crippen LogP contribution in [0.3, 0.4) is 0 Å². The summed E-state index contributed by atoms with van der Waals surface area (Å²) in [5.41, 5.74) is 2.01. The Morgan fingerprint density at radius 1 is 1.44 bits per heavy atom. The lowest BCUT2D eigenvalue weighted by Crippen LogP contribution is -2.40. The molecule has 1 aliphatic carbocycles. The van der Waals surface area contributed by atoms with Crippen LogP contribution in [0.25, 0.3) is 5.65 Å². The molecule has 0 bridgehead atoms. The number of anilines is 1. The van der Waals surface area contributed by atoms with Gasteiger partial charge in [-0.3, -0.25) is 0 Å². The Labute approximate surface area is 111 Å². The molecular formula is C13H18N4S. The van der Waals surface area contributed by atoms with E-state index in [1.165, 1.54) is 19.3 Å². The Bertz CT molecular complexity index is 554. The van der Waals surface area contributed by atoms with Gasteiger partial charge < -0.3 is 5.32 Å². The van der Waals surface area contributed by atoms with Gasteiger partial charge in [-0.1, -0.05) is 12.5 Å². The number of aromatic nitrogens is 3. The standard InChI is InChI=1S/C13H18N4S/c1-10-5-3-6-11-15-12(16-17(10)11)14-9-13(18-2)7-4-8-13/h3,5-6H,4,7-9H2,1-2H3,(H,14,16). The summed E-state index contributed by atoms with van der Waals surface area (Å²) < 4.78 is 2.29. The largest absolute Gasteiger partial charge is 0.352 e. The zero-order valence-corrected chi connectivity index (χ0v) is 11.6. The highest BCUT2D eigenvalue weighted by Gasteiger charge is 2.36. The molecule has 0 amide bonds. The third kappa shape index (κ3) is 1.96. The van der Waals surface area contributed by atoms with Crippen LogP contribution in [0, 0.1) is 6.92 Å². The van der Waals surface area contributed by atoms with E-state index in [2.05, 4.69) is 21.7 Å². The van der Waals surface area contributed by atoms with Crippen molar-refractivity contribution in [1.82, 2.24) is 14.6 Å². The minimum Gasteiger partial charge on any atom is -0.352 e. The van der Waals surface area contributed by atoms with Crippen molar-refractivity contribution in [3.05, 3.63) is 23.9 Å². The van der Waals surface area contributed by atoms with E-state index in [4.69, 9.17) is 0 Å². The van der Waals surface area contributed by atoms with Gasteiger partial charge in [0.05, 0.1) is 0 Å². The topological polar surface area (TPSA) is 42.2 Å². The Balaban J connectivity index is 1.77. The van der Waals surface area contributed by atoms with Crippen LogP contribution < -0.4 is 5.32 Å². The molecule has 0 atom stereocenters. The first kappa shape index (κ1) is 11.8. The molecule has 96 valence electrons. The highest BCUT2D eigenvalue weighted by Crippen LogP contribution is 2.42. The van der Waals surface area contributed by atoms with Crippen molar-refractivity contribution in [1.29, 1.82) is 0 Å².